The number of nitrogens with one attached hydrogen (secondary N) is 1. The highest BCUT2D eigenvalue weighted by molar-refractivity contribution is 6.30. The normalized spacial score (nSPS) is 10.8. The predicted molar refractivity (Wildman–Crippen MR) is 85.0 cm³/mol. The molecule has 0 aliphatic heterocycles. The van der Waals surface area contributed by atoms with Gasteiger partial charge >= 0.3 is 0 Å². The zero-order valence-corrected chi connectivity index (χ0v) is 12.3. The molecule has 5 heteroatoms. The van der Waals surface area contributed by atoms with Crippen molar-refractivity contribution in [2.24, 2.45) is 0 Å². The molecule has 22 heavy (non-hydrogen) atoms. The molecule has 2 aromatic carbocycles. The average Bonchev–Trinajstić information content (AvgIpc) is 2.53. The Bertz CT molecular complexity index is 729. The molecule has 0 heterocycles. The summed E-state index contributed by atoms with van der Waals surface area (Å²) in [5.41, 5.74) is 1.55. The second kappa shape index (κ2) is 7.30. The van der Waals surface area contributed by atoms with Crippen LogP contribution in [0.4, 0.5) is 0 Å². The van der Waals surface area contributed by atoms with Crippen LogP contribution in [0, 0.1) is 11.3 Å². The standard InChI is InChI=1S/C17H13ClN2O2/c18-15-5-1-13(2-6-15)11-20-17(22)14(10-19)9-12-3-7-16(21)8-4-12/h1-9,21H,11H2,(H,20,22)/b14-9-. The first-order valence-corrected chi connectivity index (χ1v) is 6.90. The quantitative estimate of drug-likeness (QED) is 0.672. The molecule has 0 radical (unpaired) electrons. The molecule has 0 saturated carbocycles. The van der Waals surface area contributed by atoms with Gasteiger partial charge in [0.2, 0.25) is 0 Å². The van der Waals surface area contributed by atoms with E-state index in [1.54, 1.807) is 36.4 Å². The lowest BCUT2D eigenvalue weighted by atomic mass is 10.1. The van der Waals surface area contributed by atoms with Crippen LogP contribution in [0.15, 0.2) is 54.1 Å². The summed E-state index contributed by atoms with van der Waals surface area (Å²) in [6, 6.07) is 15.2. The number of phenols is 1. The van der Waals surface area contributed by atoms with Gasteiger partial charge in [-0.25, -0.2) is 0 Å². The van der Waals surface area contributed by atoms with Gasteiger partial charge in [0.1, 0.15) is 17.4 Å². The summed E-state index contributed by atoms with van der Waals surface area (Å²) in [7, 11) is 0. The molecule has 2 aromatic rings. The van der Waals surface area contributed by atoms with Crippen LogP contribution in [0.25, 0.3) is 6.08 Å². The topological polar surface area (TPSA) is 73.1 Å². The summed E-state index contributed by atoms with van der Waals surface area (Å²) in [5.74, 6) is -0.326. The molecule has 0 aromatic heterocycles. The molecule has 0 aliphatic carbocycles. The Labute approximate surface area is 133 Å². The monoisotopic (exact) mass is 312 g/mol. The molecule has 0 atom stereocenters. The van der Waals surface area contributed by atoms with Gasteiger partial charge in [-0.2, -0.15) is 5.26 Å². The lowest BCUT2D eigenvalue weighted by Gasteiger charge is -2.05. The van der Waals surface area contributed by atoms with Crippen molar-refractivity contribution in [3.05, 3.63) is 70.3 Å². The Morgan fingerprint density at radius 3 is 2.41 bits per heavy atom. The van der Waals surface area contributed by atoms with E-state index in [0.717, 1.165) is 5.56 Å². The van der Waals surface area contributed by atoms with Crippen LogP contribution in [0.3, 0.4) is 0 Å². The Kier molecular flexibility index (Phi) is 5.18. The van der Waals surface area contributed by atoms with Gasteiger partial charge in [0.15, 0.2) is 0 Å². The molecule has 0 spiro atoms. The van der Waals surface area contributed by atoms with E-state index >= 15 is 0 Å². The van der Waals surface area contributed by atoms with Gasteiger partial charge in [0, 0.05) is 11.6 Å². The number of hydrogen-bond acceptors (Lipinski definition) is 3. The number of aromatic hydroxyl groups is 1. The van der Waals surface area contributed by atoms with Gasteiger partial charge in [-0.05, 0) is 41.5 Å². The fourth-order valence-corrected chi connectivity index (χ4v) is 1.89. The summed E-state index contributed by atoms with van der Waals surface area (Å²) in [6.45, 7) is 0.310. The number of rotatable bonds is 4. The van der Waals surface area contributed by atoms with E-state index in [9.17, 15) is 9.90 Å². The third-order valence-electron chi connectivity index (χ3n) is 2.94. The van der Waals surface area contributed by atoms with Gasteiger partial charge in [-0.15, -0.1) is 0 Å². The number of carbonyl (C=O) groups excluding carboxylic acids is 1. The van der Waals surface area contributed by atoms with Crippen molar-refractivity contribution in [3.63, 3.8) is 0 Å². The van der Waals surface area contributed by atoms with E-state index in [0.29, 0.717) is 17.1 Å². The van der Waals surface area contributed by atoms with Crippen molar-refractivity contribution in [1.82, 2.24) is 5.32 Å². The number of benzene rings is 2. The van der Waals surface area contributed by atoms with Gasteiger partial charge < -0.3 is 10.4 Å². The highest BCUT2D eigenvalue weighted by Gasteiger charge is 2.08. The van der Waals surface area contributed by atoms with Crippen LogP contribution in [0.1, 0.15) is 11.1 Å². The van der Waals surface area contributed by atoms with Crippen LogP contribution < -0.4 is 5.32 Å². The Morgan fingerprint density at radius 2 is 1.82 bits per heavy atom. The van der Waals surface area contributed by atoms with Crippen LogP contribution in [-0.4, -0.2) is 11.0 Å². The Balaban J connectivity index is 2.04. The van der Waals surface area contributed by atoms with E-state index in [1.807, 2.05) is 6.07 Å². The molecule has 0 fully saturated rings. The van der Waals surface area contributed by atoms with E-state index in [4.69, 9.17) is 16.9 Å². The van der Waals surface area contributed by atoms with Crippen molar-refractivity contribution in [2.45, 2.75) is 6.54 Å². The number of amides is 1. The smallest absolute Gasteiger partial charge is 0.262 e. The molecule has 0 unspecified atom stereocenters. The maximum atomic E-state index is 12.0. The molecular formula is C17H13ClN2O2. The van der Waals surface area contributed by atoms with Gasteiger partial charge in [0.05, 0.1) is 0 Å². The third-order valence-corrected chi connectivity index (χ3v) is 3.19. The van der Waals surface area contributed by atoms with Crippen LogP contribution in [-0.2, 0) is 11.3 Å². The average molecular weight is 313 g/mol. The molecule has 2 rings (SSSR count). The number of hydrogen-bond donors (Lipinski definition) is 2. The molecule has 110 valence electrons. The maximum absolute atomic E-state index is 12.0. The lowest BCUT2D eigenvalue weighted by molar-refractivity contribution is -0.117. The first-order valence-electron chi connectivity index (χ1n) is 6.52. The van der Waals surface area contributed by atoms with Crippen molar-refractivity contribution in [2.75, 3.05) is 0 Å². The summed E-state index contributed by atoms with van der Waals surface area (Å²) < 4.78 is 0. The van der Waals surface area contributed by atoms with Crippen molar-refractivity contribution >= 4 is 23.6 Å². The number of nitrogens with zero attached hydrogens (tertiary/aromatic N) is 1. The van der Waals surface area contributed by atoms with Crippen molar-refractivity contribution < 1.29 is 9.90 Å². The SMILES string of the molecule is N#C/C(=C/c1ccc(O)cc1)C(=O)NCc1ccc(Cl)cc1. The first kappa shape index (κ1) is 15.6. The van der Waals surface area contributed by atoms with Crippen molar-refractivity contribution in [3.8, 4) is 11.8 Å². The minimum absolute atomic E-state index is 0.000321. The number of carbonyl (C=O) groups is 1. The van der Waals surface area contributed by atoms with Crippen LogP contribution in [0.2, 0.25) is 5.02 Å². The highest BCUT2D eigenvalue weighted by Crippen LogP contribution is 2.13. The summed E-state index contributed by atoms with van der Waals surface area (Å²) in [6.07, 6.45) is 1.47. The molecular weight excluding hydrogens is 300 g/mol. The lowest BCUT2D eigenvalue weighted by Crippen LogP contribution is -2.23. The highest BCUT2D eigenvalue weighted by atomic mass is 35.5. The van der Waals surface area contributed by atoms with Crippen molar-refractivity contribution in [1.29, 1.82) is 5.26 Å². The first-order chi connectivity index (χ1) is 10.6. The fourth-order valence-electron chi connectivity index (χ4n) is 1.77. The number of halogens is 1. The molecule has 1 amide bonds. The zero-order chi connectivity index (χ0) is 15.9. The molecule has 0 aliphatic rings. The van der Waals surface area contributed by atoms with Gasteiger partial charge in [-0.3, -0.25) is 4.79 Å². The van der Waals surface area contributed by atoms with Gasteiger partial charge in [0.25, 0.3) is 5.91 Å². The molecule has 0 saturated heterocycles. The Morgan fingerprint density at radius 1 is 1.18 bits per heavy atom. The molecule has 0 bridgehead atoms. The second-order valence-corrected chi connectivity index (χ2v) is 5.01. The second-order valence-electron chi connectivity index (χ2n) is 4.57. The van der Waals surface area contributed by atoms with Gasteiger partial charge in [-0.1, -0.05) is 35.9 Å². The Hall–Kier alpha value is -2.77. The summed E-state index contributed by atoms with van der Waals surface area (Å²) in [5, 5.41) is 21.6. The predicted octanol–water partition coefficient (Wildman–Crippen LogP) is 3.27. The molecule has 2 N–H and O–H groups in total. The number of phenolic OH excluding ortho intramolecular Hbond substituents is 1. The van der Waals surface area contributed by atoms with E-state index in [2.05, 4.69) is 5.32 Å². The minimum atomic E-state index is -0.453. The zero-order valence-electron chi connectivity index (χ0n) is 11.6. The third kappa shape index (κ3) is 4.37. The van der Waals surface area contributed by atoms with E-state index in [-0.39, 0.29) is 11.3 Å². The van der Waals surface area contributed by atoms with Crippen LogP contribution in [0.5, 0.6) is 5.75 Å². The van der Waals surface area contributed by atoms with Crippen LogP contribution >= 0.6 is 11.6 Å². The summed E-state index contributed by atoms with van der Waals surface area (Å²) in [4.78, 5) is 12.0. The maximum Gasteiger partial charge on any atom is 0.262 e. The fraction of sp³-hybridized carbons (Fsp3) is 0.0588. The van der Waals surface area contributed by atoms with E-state index < -0.39 is 5.91 Å². The summed E-state index contributed by atoms with van der Waals surface area (Å²) >= 11 is 5.79. The minimum Gasteiger partial charge on any atom is -0.508 e. The van der Waals surface area contributed by atoms with E-state index in [1.165, 1.54) is 18.2 Å². The molecule has 4 nitrogen and oxygen atoms in total. The largest absolute Gasteiger partial charge is 0.508 e. The number of nitriles is 1.